The maximum Gasteiger partial charge on any atom is 0.315 e. The summed E-state index contributed by atoms with van der Waals surface area (Å²) < 4.78 is 24.8. The van der Waals surface area contributed by atoms with Crippen LogP contribution in [0.5, 0.6) is 0 Å². The molecule has 0 aliphatic carbocycles. The fraction of sp³-hybridized carbons (Fsp3) is 0.857. The first kappa shape index (κ1) is 22.9. The third-order valence-corrected chi connectivity index (χ3v) is 3.82. The summed E-state index contributed by atoms with van der Waals surface area (Å²) in [4.78, 5) is 0. The molecule has 4 nitrogen and oxygen atoms in total. The summed E-state index contributed by atoms with van der Waals surface area (Å²) in [5.74, 6) is 0. The van der Waals surface area contributed by atoms with E-state index in [2.05, 4.69) is 11.3 Å². The van der Waals surface area contributed by atoms with Crippen LogP contribution < -0.4 is 0 Å². The molecule has 0 aromatic rings. The average molecular weight is 315 g/mol. The molecule has 0 saturated heterocycles. The first-order chi connectivity index (χ1) is 9.12. The van der Waals surface area contributed by atoms with Crippen LogP contribution in [-0.4, -0.2) is 43.2 Å². The maximum absolute atomic E-state index is 10.7. The predicted molar refractivity (Wildman–Crippen MR) is 84.0 cm³/mol. The number of rotatable bonds is 13. The molecule has 0 atom stereocenters. The molecule has 1 radical (unpaired) electrons. The molecule has 0 spiro atoms. The van der Waals surface area contributed by atoms with Crippen LogP contribution in [-0.2, 0) is 14.5 Å². The van der Waals surface area contributed by atoms with E-state index in [0.717, 1.165) is 18.2 Å². The van der Waals surface area contributed by atoms with Crippen molar-refractivity contribution < 1.29 is 18.0 Å². The Morgan fingerprint density at radius 2 is 1.35 bits per heavy atom. The van der Waals surface area contributed by atoms with Gasteiger partial charge in [0.2, 0.25) is 0 Å². The summed E-state index contributed by atoms with van der Waals surface area (Å²) in [5.41, 5.74) is 0. The van der Waals surface area contributed by atoms with Gasteiger partial charge in [-0.15, -0.1) is 4.33 Å². The molecular formula is C14H28NaO4S. The second-order valence-electron chi connectivity index (χ2n) is 4.91. The van der Waals surface area contributed by atoms with E-state index in [1.807, 2.05) is 0 Å². The summed E-state index contributed by atoms with van der Waals surface area (Å²) in [6.45, 7) is 2.23. The molecule has 0 bridgehead atoms. The van der Waals surface area contributed by atoms with Crippen LogP contribution in [0.2, 0.25) is 0 Å². The van der Waals surface area contributed by atoms with Gasteiger partial charge in [0, 0.05) is 29.6 Å². The van der Waals surface area contributed by atoms with Gasteiger partial charge >= 0.3 is 10.1 Å². The van der Waals surface area contributed by atoms with Gasteiger partial charge < -0.3 is 0 Å². The first-order valence-electron chi connectivity index (χ1n) is 7.37. The molecule has 115 valence electrons. The fourth-order valence-corrected chi connectivity index (χ4v) is 2.38. The zero-order valence-electron chi connectivity index (χ0n) is 13.0. The Balaban J connectivity index is 0. The van der Waals surface area contributed by atoms with Crippen molar-refractivity contribution in [2.75, 3.05) is 0 Å². The molecule has 0 aromatic heterocycles. The van der Waals surface area contributed by atoms with Crippen LogP contribution in [0.3, 0.4) is 0 Å². The molecule has 6 heteroatoms. The molecule has 0 aliphatic rings. The second kappa shape index (κ2) is 16.0. The topological polar surface area (TPSA) is 63.6 Å². The molecule has 0 aliphatic heterocycles. The van der Waals surface area contributed by atoms with Gasteiger partial charge in [-0.05, 0) is 12.8 Å². The van der Waals surface area contributed by atoms with Crippen LogP contribution in [0.1, 0.15) is 77.6 Å². The number of hydrogen-bond donors (Lipinski definition) is 1. The van der Waals surface area contributed by atoms with Crippen molar-refractivity contribution in [1.29, 1.82) is 0 Å². The molecule has 0 aromatic carbocycles. The Kier molecular flexibility index (Phi) is 18.3. The van der Waals surface area contributed by atoms with Crippen molar-refractivity contribution in [3.05, 3.63) is 11.5 Å². The maximum atomic E-state index is 10.7. The summed E-state index contributed by atoms with van der Waals surface area (Å²) in [6.07, 6.45) is 14.8. The van der Waals surface area contributed by atoms with Gasteiger partial charge in [0.05, 0.1) is 5.41 Å². The summed E-state index contributed by atoms with van der Waals surface area (Å²) in [6, 6.07) is 0. The zero-order valence-corrected chi connectivity index (χ0v) is 15.8. The second-order valence-corrected chi connectivity index (χ2v) is 6.32. The molecule has 0 amide bonds. The summed E-state index contributed by atoms with van der Waals surface area (Å²) in [7, 11) is -3.86. The van der Waals surface area contributed by atoms with E-state index in [4.69, 9.17) is 5.26 Å². The van der Waals surface area contributed by atoms with Crippen LogP contribution in [0.25, 0.3) is 0 Å². The number of unbranched alkanes of at least 4 members (excludes halogenated alkanes) is 10. The van der Waals surface area contributed by atoms with Gasteiger partial charge in [-0.1, -0.05) is 70.8 Å². The standard InChI is InChI=1S/C14H28O4S.Na/c1-2-3-4-5-6-7-8-9-10-11-12-13-14-19(16,17)18-15;/h13-15H,2-12H2,1H3;. The Labute approximate surface area is 146 Å². The molecule has 20 heavy (non-hydrogen) atoms. The summed E-state index contributed by atoms with van der Waals surface area (Å²) >= 11 is 0. The molecule has 1 N–H and O–H groups in total. The van der Waals surface area contributed by atoms with Crippen molar-refractivity contribution >= 4 is 39.7 Å². The van der Waals surface area contributed by atoms with Crippen LogP contribution >= 0.6 is 0 Å². The van der Waals surface area contributed by atoms with Gasteiger partial charge in [0.25, 0.3) is 0 Å². The Morgan fingerprint density at radius 1 is 0.900 bits per heavy atom. The van der Waals surface area contributed by atoms with E-state index in [9.17, 15) is 8.42 Å². The molecule has 0 saturated carbocycles. The van der Waals surface area contributed by atoms with Gasteiger partial charge in [-0.2, -0.15) is 8.42 Å². The van der Waals surface area contributed by atoms with E-state index in [1.165, 1.54) is 57.4 Å². The third kappa shape index (κ3) is 16.7. The number of allylic oxidation sites excluding steroid dienone is 1. The van der Waals surface area contributed by atoms with Crippen LogP contribution in [0.15, 0.2) is 11.5 Å². The minimum Gasteiger partial charge on any atom is -0.235 e. The van der Waals surface area contributed by atoms with Gasteiger partial charge in [-0.3, -0.25) is 0 Å². The molecular weight excluding hydrogens is 287 g/mol. The van der Waals surface area contributed by atoms with Crippen molar-refractivity contribution in [2.45, 2.75) is 77.6 Å². The van der Waals surface area contributed by atoms with Crippen molar-refractivity contribution in [3.63, 3.8) is 0 Å². The average Bonchev–Trinajstić information content (AvgIpc) is 2.40. The monoisotopic (exact) mass is 315 g/mol. The van der Waals surface area contributed by atoms with E-state index in [0.29, 0.717) is 6.42 Å². The van der Waals surface area contributed by atoms with Gasteiger partial charge in [0.1, 0.15) is 0 Å². The molecule has 0 heterocycles. The third-order valence-electron chi connectivity index (χ3n) is 3.09. The van der Waals surface area contributed by atoms with Crippen molar-refractivity contribution in [2.24, 2.45) is 0 Å². The molecule has 0 unspecified atom stereocenters. The quantitative estimate of drug-likeness (QED) is 0.239. The van der Waals surface area contributed by atoms with E-state index in [1.54, 1.807) is 0 Å². The van der Waals surface area contributed by atoms with Gasteiger partial charge in [-0.25, -0.2) is 5.26 Å². The Hall–Kier alpha value is 0.610. The minimum atomic E-state index is -3.86. The van der Waals surface area contributed by atoms with E-state index in [-0.39, 0.29) is 29.6 Å². The Morgan fingerprint density at radius 3 is 1.80 bits per heavy atom. The van der Waals surface area contributed by atoms with Crippen molar-refractivity contribution in [1.82, 2.24) is 0 Å². The normalized spacial score (nSPS) is 11.7. The van der Waals surface area contributed by atoms with Gasteiger partial charge in [0.15, 0.2) is 0 Å². The van der Waals surface area contributed by atoms with Crippen LogP contribution in [0.4, 0.5) is 0 Å². The SMILES string of the molecule is CCCCCCCCCCCCC=CS(=O)(=O)OO.[Na]. The first-order valence-corrected chi connectivity index (χ1v) is 8.84. The zero-order chi connectivity index (χ0) is 14.4. The van der Waals surface area contributed by atoms with E-state index >= 15 is 0 Å². The molecule has 0 rings (SSSR count). The minimum absolute atomic E-state index is 0. The largest absolute Gasteiger partial charge is 0.315 e. The fourth-order valence-electron chi connectivity index (χ4n) is 1.96. The number of hydrogen-bond acceptors (Lipinski definition) is 4. The Bertz CT molecular complexity index is 315. The smallest absolute Gasteiger partial charge is 0.235 e. The van der Waals surface area contributed by atoms with Crippen molar-refractivity contribution in [3.8, 4) is 0 Å². The molecule has 0 fully saturated rings. The summed E-state index contributed by atoms with van der Waals surface area (Å²) in [5, 5.41) is 8.94. The van der Waals surface area contributed by atoms with E-state index < -0.39 is 10.1 Å². The van der Waals surface area contributed by atoms with Crippen LogP contribution in [0, 0.1) is 0 Å². The predicted octanol–water partition coefficient (Wildman–Crippen LogP) is 4.25.